The number of hydrogen-bond acceptors (Lipinski definition) is 9. The lowest BCUT2D eigenvalue weighted by atomic mass is 10.0. The van der Waals surface area contributed by atoms with Gasteiger partial charge in [0.25, 0.3) is 0 Å². The summed E-state index contributed by atoms with van der Waals surface area (Å²) in [4.78, 5) is 14.8. The van der Waals surface area contributed by atoms with Crippen molar-refractivity contribution in [3.8, 4) is 11.5 Å². The number of rotatable bonds is 6. The molecule has 210 valence electrons. The fourth-order valence-corrected chi connectivity index (χ4v) is 5.78. The molecule has 13 heteroatoms. The summed E-state index contributed by atoms with van der Waals surface area (Å²) in [6, 6.07) is 4.24. The summed E-state index contributed by atoms with van der Waals surface area (Å²) in [5, 5.41) is 17.8. The number of hydrogen-bond donors (Lipinski definition) is 1. The van der Waals surface area contributed by atoms with Crippen LogP contribution in [-0.2, 0) is 32.7 Å². The van der Waals surface area contributed by atoms with E-state index in [1.54, 1.807) is 28.8 Å². The monoisotopic (exact) mass is 551 g/mol. The Bertz CT molecular complexity index is 1200. The van der Waals surface area contributed by atoms with Gasteiger partial charge >= 0.3 is 0 Å². The maximum atomic E-state index is 13.5. The van der Waals surface area contributed by atoms with Gasteiger partial charge in [-0.15, -0.1) is 5.10 Å². The van der Waals surface area contributed by atoms with Crippen LogP contribution in [0.2, 0.25) is 0 Å². The predicted octanol–water partition coefficient (Wildman–Crippen LogP) is 1.28. The van der Waals surface area contributed by atoms with E-state index in [-0.39, 0.29) is 42.5 Å². The first kappa shape index (κ1) is 28.3. The van der Waals surface area contributed by atoms with Gasteiger partial charge in [0.1, 0.15) is 0 Å². The average molecular weight is 552 g/mol. The number of carbonyl (C=O) groups is 1. The molecule has 4 rings (SSSR count). The van der Waals surface area contributed by atoms with Crippen molar-refractivity contribution in [3.63, 3.8) is 0 Å². The van der Waals surface area contributed by atoms with Crippen LogP contribution in [-0.4, -0.2) is 95.7 Å². The zero-order valence-corrected chi connectivity index (χ0v) is 23.0. The molecule has 2 aromatic rings. The molecule has 0 fully saturated rings. The molecule has 0 saturated carbocycles. The zero-order valence-electron chi connectivity index (χ0n) is 22.2. The summed E-state index contributed by atoms with van der Waals surface area (Å²) in [5.41, 5.74) is 0.754. The number of ether oxygens (including phenoxy) is 3. The van der Waals surface area contributed by atoms with Gasteiger partial charge in [-0.3, -0.25) is 4.79 Å². The number of likely N-dealkylation sites (N-methyl/N-ethyl adjacent to an activating group) is 1. The van der Waals surface area contributed by atoms with Crippen LogP contribution in [0.5, 0.6) is 11.5 Å². The van der Waals surface area contributed by atoms with Gasteiger partial charge in [-0.1, -0.05) is 12.1 Å². The zero-order chi connectivity index (χ0) is 27.3. The third kappa shape index (κ3) is 6.45. The van der Waals surface area contributed by atoms with Crippen LogP contribution in [0.3, 0.4) is 0 Å². The number of nitrogens with zero attached hydrogens (tertiary/aromatic N) is 5. The Morgan fingerprint density at radius 1 is 1.21 bits per heavy atom. The number of aliphatic hydroxyl groups excluding tert-OH is 1. The number of aliphatic hydroxyl groups is 1. The number of aromatic nitrogens is 3. The minimum Gasteiger partial charge on any atom is -0.490 e. The van der Waals surface area contributed by atoms with Crippen molar-refractivity contribution in [2.24, 2.45) is 5.92 Å². The quantitative estimate of drug-likeness (QED) is 0.563. The molecule has 1 N–H and O–H groups in total. The van der Waals surface area contributed by atoms with E-state index in [0.717, 1.165) is 12.1 Å². The number of amides is 1. The molecule has 0 unspecified atom stereocenters. The first-order valence-electron chi connectivity index (χ1n) is 13.0. The molecule has 0 saturated heterocycles. The number of fused-ring (bicyclic) bond motifs is 2. The lowest BCUT2D eigenvalue weighted by Crippen LogP contribution is -2.47. The predicted molar refractivity (Wildman–Crippen MR) is 137 cm³/mol. The van der Waals surface area contributed by atoms with Crippen LogP contribution in [0.4, 0.5) is 0 Å². The minimum atomic E-state index is -3.89. The number of carbonyl (C=O) groups excluding carboxylic acids is 1. The molecular weight excluding hydrogens is 514 g/mol. The van der Waals surface area contributed by atoms with E-state index >= 15 is 0 Å². The van der Waals surface area contributed by atoms with Crippen LogP contribution in [0.15, 0.2) is 29.3 Å². The van der Waals surface area contributed by atoms with Gasteiger partial charge in [0.05, 0.1) is 55.4 Å². The maximum absolute atomic E-state index is 13.5. The molecule has 3 atom stereocenters. The summed E-state index contributed by atoms with van der Waals surface area (Å²) in [7, 11) is -2.38. The molecule has 1 amide bonds. The van der Waals surface area contributed by atoms with E-state index in [1.165, 1.54) is 23.5 Å². The lowest BCUT2D eigenvalue weighted by Gasteiger charge is -2.35. The van der Waals surface area contributed by atoms with Gasteiger partial charge in [-0.2, -0.15) is 4.31 Å². The van der Waals surface area contributed by atoms with Crippen molar-refractivity contribution in [3.05, 3.63) is 30.1 Å². The molecule has 38 heavy (non-hydrogen) atoms. The van der Waals surface area contributed by atoms with E-state index in [0.29, 0.717) is 50.6 Å². The molecule has 0 spiro atoms. The van der Waals surface area contributed by atoms with Crippen LogP contribution in [0, 0.1) is 5.92 Å². The molecule has 1 aromatic carbocycles. The average Bonchev–Trinajstić information content (AvgIpc) is 3.21. The normalized spacial score (nSPS) is 22.2. The molecule has 1 aromatic heterocycles. The minimum absolute atomic E-state index is 0.0506. The van der Waals surface area contributed by atoms with Crippen molar-refractivity contribution in [1.82, 2.24) is 24.2 Å². The van der Waals surface area contributed by atoms with Gasteiger partial charge in [-0.25, -0.2) is 13.1 Å². The molecule has 0 aliphatic carbocycles. The Hall–Kier alpha value is -2.74. The Kier molecular flexibility index (Phi) is 9.23. The number of benzene rings is 1. The van der Waals surface area contributed by atoms with Crippen LogP contribution in [0.25, 0.3) is 0 Å². The van der Waals surface area contributed by atoms with Crippen molar-refractivity contribution in [1.29, 1.82) is 0 Å². The fraction of sp³-hybridized carbons (Fsp3) is 0.640. The maximum Gasteiger partial charge on any atom is 0.243 e. The summed E-state index contributed by atoms with van der Waals surface area (Å²) in [5.74, 6) is 0.611. The SMILES string of the molecule is C[C@H]1CN([C@@H](C)CO)C(=O)CCCn2nncc2CO[C@@H]1CN(C)S(=O)(=O)c1ccc2c(c1)OCCCO2. The summed E-state index contributed by atoms with van der Waals surface area (Å²) >= 11 is 0. The summed E-state index contributed by atoms with van der Waals surface area (Å²) < 4.78 is 47.6. The van der Waals surface area contributed by atoms with Gasteiger partial charge in [-0.05, 0) is 25.5 Å². The van der Waals surface area contributed by atoms with Crippen molar-refractivity contribution < 1.29 is 32.5 Å². The van der Waals surface area contributed by atoms with Crippen molar-refractivity contribution in [2.45, 2.75) is 63.3 Å². The first-order valence-corrected chi connectivity index (χ1v) is 14.4. The highest BCUT2D eigenvalue weighted by molar-refractivity contribution is 7.89. The third-order valence-electron chi connectivity index (χ3n) is 7.00. The van der Waals surface area contributed by atoms with Crippen molar-refractivity contribution in [2.75, 3.05) is 40.0 Å². The Morgan fingerprint density at radius 2 is 1.97 bits per heavy atom. The van der Waals surface area contributed by atoms with Crippen LogP contribution < -0.4 is 9.47 Å². The molecule has 2 aliphatic rings. The highest BCUT2D eigenvalue weighted by Crippen LogP contribution is 2.33. The number of aryl methyl sites for hydroxylation is 1. The van der Waals surface area contributed by atoms with E-state index in [2.05, 4.69) is 10.3 Å². The van der Waals surface area contributed by atoms with E-state index in [1.807, 2.05) is 6.92 Å². The Balaban J connectivity index is 1.58. The van der Waals surface area contributed by atoms with E-state index in [9.17, 15) is 18.3 Å². The third-order valence-corrected chi connectivity index (χ3v) is 8.82. The van der Waals surface area contributed by atoms with E-state index < -0.39 is 16.1 Å². The number of sulfonamides is 1. The van der Waals surface area contributed by atoms with Crippen LogP contribution >= 0.6 is 0 Å². The van der Waals surface area contributed by atoms with Gasteiger partial charge in [0.15, 0.2) is 11.5 Å². The highest BCUT2D eigenvalue weighted by atomic mass is 32.2. The first-order chi connectivity index (χ1) is 18.2. The fourth-order valence-electron chi connectivity index (χ4n) is 4.58. The second-order valence-electron chi connectivity index (χ2n) is 9.90. The highest BCUT2D eigenvalue weighted by Gasteiger charge is 2.32. The molecule has 0 radical (unpaired) electrons. The largest absolute Gasteiger partial charge is 0.490 e. The molecule has 3 heterocycles. The molecule has 0 bridgehead atoms. The molecule has 2 aliphatic heterocycles. The summed E-state index contributed by atoms with van der Waals surface area (Å²) in [6.45, 7) is 5.58. The lowest BCUT2D eigenvalue weighted by molar-refractivity contribution is -0.136. The standard InChI is InChI=1S/C25H37N5O7S/c1-18-14-29(19(2)16-31)25(32)6-4-9-30-20(13-26-27-30)17-37-24(18)15-28(3)38(33,34)21-7-8-22-23(12-21)36-11-5-10-35-22/h7-8,12-13,18-19,24,31H,4-6,9-11,14-17H2,1-3H3/t18-,19-,24+/m0/s1. The van der Waals surface area contributed by atoms with Gasteiger partial charge in [0, 0.05) is 51.5 Å². The second-order valence-corrected chi connectivity index (χ2v) is 11.9. The van der Waals surface area contributed by atoms with Crippen molar-refractivity contribution >= 4 is 15.9 Å². The van der Waals surface area contributed by atoms with E-state index in [4.69, 9.17) is 14.2 Å². The molecule has 12 nitrogen and oxygen atoms in total. The topological polar surface area (TPSA) is 136 Å². The Labute approximate surface area is 223 Å². The smallest absolute Gasteiger partial charge is 0.243 e. The second kappa shape index (κ2) is 12.4. The summed E-state index contributed by atoms with van der Waals surface area (Å²) in [6.07, 6.45) is 2.67. The van der Waals surface area contributed by atoms with Gasteiger partial charge in [0.2, 0.25) is 15.9 Å². The van der Waals surface area contributed by atoms with Crippen LogP contribution in [0.1, 0.15) is 38.8 Å². The van der Waals surface area contributed by atoms with Gasteiger partial charge < -0.3 is 24.2 Å². The Morgan fingerprint density at radius 3 is 2.74 bits per heavy atom. The molecular formula is C25H37N5O7S.